The summed E-state index contributed by atoms with van der Waals surface area (Å²) in [7, 11) is -4.13. The van der Waals surface area contributed by atoms with Crippen molar-refractivity contribution in [3.8, 4) is 0 Å². The lowest BCUT2D eigenvalue weighted by Gasteiger charge is -2.18. The number of rotatable bonds is 7. The molecule has 1 atom stereocenters. The van der Waals surface area contributed by atoms with Crippen LogP contribution >= 0.6 is 0 Å². The molecule has 3 aromatic rings. The second-order valence-electron chi connectivity index (χ2n) is 6.92. The van der Waals surface area contributed by atoms with Gasteiger partial charge in [-0.2, -0.15) is 13.2 Å². The molecule has 0 aliphatic rings. The second-order valence-corrected chi connectivity index (χ2v) is 8.60. The normalized spacial score (nSPS) is 12.8. The number of aliphatic hydroxyl groups excluding tert-OH is 1. The maximum absolute atomic E-state index is 13.7. The van der Waals surface area contributed by atoms with Crippen molar-refractivity contribution < 1.29 is 35.9 Å². The van der Waals surface area contributed by atoms with Crippen LogP contribution in [0.25, 0.3) is 0 Å². The van der Waals surface area contributed by atoms with Crippen LogP contribution in [0.2, 0.25) is 0 Å². The van der Waals surface area contributed by atoms with Crippen LogP contribution in [0.4, 0.5) is 23.2 Å². The molecule has 0 aliphatic carbocycles. The fourth-order valence-electron chi connectivity index (χ4n) is 2.98. The summed E-state index contributed by atoms with van der Waals surface area (Å²) in [5, 5.41) is 12.5. The van der Waals surface area contributed by atoms with E-state index in [1.165, 1.54) is 42.5 Å². The van der Waals surface area contributed by atoms with Crippen molar-refractivity contribution in [2.75, 3.05) is 11.3 Å². The molecule has 174 valence electrons. The third kappa shape index (κ3) is 5.88. The van der Waals surface area contributed by atoms with Gasteiger partial charge in [-0.05, 0) is 48.0 Å². The van der Waals surface area contributed by atoms with E-state index in [1.807, 2.05) is 0 Å². The minimum Gasteiger partial charge on any atom is -0.387 e. The zero-order valence-corrected chi connectivity index (χ0v) is 17.6. The highest BCUT2D eigenvalue weighted by Gasteiger charge is 2.34. The monoisotopic (exact) mass is 482 g/mol. The van der Waals surface area contributed by atoms with Gasteiger partial charge in [0.05, 0.1) is 22.3 Å². The molecule has 3 rings (SSSR count). The molecule has 0 radical (unpaired) electrons. The van der Waals surface area contributed by atoms with E-state index < -0.39 is 46.1 Å². The number of anilines is 1. The average Bonchev–Trinajstić information content (AvgIpc) is 2.78. The van der Waals surface area contributed by atoms with E-state index in [1.54, 1.807) is 0 Å². The van der Waals surface area contributed by atoms with Crippen molar-refractivity contribution in [1.82, 2.24) is 5.32 Å². The standard InChI is InChI=1S/C22H18F4N2O4S/c23-18-7-3-4-8-19(18)28-33(31,32)15-11-9-14(10-12-15)21(30)27-13-20(29)16-5-1-2-6-17(16)22(24,25)26/h1-12,20,28-29H,13H2,(H,27,30). The van der Waals surface area contributed by atoms with Crippen molar-refractivity contribution in [1.29, 1.82) is 0 Å². The van der Waals surface area contributed by atoms with Gasteiger partial charge >= 0.3 is 6.18 Å². The number of hydrogen-bond donors (Lipinski definition) is 3. The Balaban J connectivity index is 1.67. The lowest BCUT2D eigenvalue weighted by molar-refractivity contribution is -0.139. The fraction of sp³-hybridized carbons (Fsp3) is 0.136. The van der Waals surface area contributed by atoms with E-state index in [0.717, 1.165) is 30.3 Å². The predicted molar refractivity (Wildman–Crippen MR) is 112 cm³/mol. The molecule has 3 aromatic carbocycles. The van der Waals surface area contributed by atoms with Crippen LogP contribution < -0.4 is 10.0 Å². The molecule has 0 fully saturated rings. The number of alkyl halides is 3. The van der Waals surface area contributed by atoms with Gasteiger partial charge in [0.2, 0.25) is 0 Å². The maximum atomic E-state index is 13.7. The Morgan fingerprint density at radius 3 is 2.18 bits per heavy atom. The highest BCUT2D eigenvalue weighted by atomic mass is 32.2. The van der Waals surface area contributed by atoms with Crippen LogP contribution in [0.15, 0.2) is 77.7 Å². The van der Waals surface area contributed by atoms with E-state index in [9.17, 15) is 35.9 Å². The van der Waals surface area contributed by atoms with Crippen LogP contribution in [0.1, 0.15) is 27.6 Å². The largest absolute Gasteiger partial charge is 0.416 e. The molecule has 0 saturated heterocycles. The fourth-order valence-corrected chi connectivity index (χ4v) is 4.05. The lowest BCUT2D eigenvalue weighted by atomic mass is 10.0. The molecule has 0 bridgehead atoms. The Morgan fingerprint density at radius 2 is 1.55 bits per heavy atom. The minimum absolute atomic E-state index is 0.0103. The van der Waals surface area contributed by atoms with E-state index >= 15 is 0 Å². The van der Waals surface area contributed by atoms with Crippen LogP contribution in [0.5, 0.6) is 0 Å². The van der Waals surface area contributed by atoms with Gasteiger partial charge in [0.25, 0.3) is 15.9 Å². The van der Waals surface area contributed by atoms with E-state index in [-0.39, 0.29) is 21.7 Å². The molecule has 0 spiro atoms. The summed E-state index contributed by atoms with van der Waals surface area (Å²) in [6, 6.07) is 14.3. The Bertz CT molecular complexity index is 1250. The predicted octanol–water partition coefficient (Wildman–Crippen LogP) is 4.11. The molecule has 11 heteroatoms. The number of aliphatic hydroxyl groups is 1. The average molecular weight is 482 g/mol. The van der Waals surface area contributed by atoms with Crippen LogP contribution in [0.3, 0.4) is 0 Å². The van der Waals surface area contributed by atoms with Crippen molar-refractivity contribution in [3.63, 3.8) is 0 Å². The molecule has 0 aliphatic heterocycles. The molecule has 3 N–H and O–H groups in total. The van der Waals surface area contributed by atoms with Crippen LogP contribution in [0, 0.1) is 5.82 Å². The first-order valence-corrected chi connectivity index (χ1v) is 11.0. The summed E-state index contributed by atoms with van der Waals surface area (Å²) in [6.45, 7) is -0.499. The zero-order valence-electron chi connectivity index (χ0n) is 16.8. The molecule has 0 aromatic heterocycles. The summed E-state index contributed by atoms with van der Waals surface area (Å²) < 4.78 is 79.9. The van der Waals surface area contributed by atoms with Crippen molar-refractivity contribution in [2.45, 2.75) is 17.2 Å². The minimum atomic E-state index is -4.67. The topological polar surface area (TPSA) is 95.5 Å². The Morgan fingerprint density at radius 1 is 0.939 bits per heavy atom. The third-order valence-electron chi connectivity index (χ3n) is 4.63. The van der Waals surface area contributed by atoms with E-state index in [4.69, 9.17) is 0 Å². The maximum Gasteiger partial charge on any atom is 0.416 e. The summed E-state index contributed by atoms with van der Waals surface area (Å²) in [5.41, 5.74) is -1.63. The van der Waals surface area contributed by atoms with Crippen molar-refractivity contribution in [3.05, 3.63) is 95.3 Å². The quantitative estimate of drug-likeness (QED) is 0.442. The van der Waals surface area contributed by atoms with Gasteiger partial charge in [0, 0.05) is 12.1 Å². The van der Waals surface area contributed by atoms with E-state index in [2.05, 4.69) is 10.0 Å². The first-order chi connectivity index (χ1) is 15.5. The lowest BCUT2D eigenvalue weighted by Crippen LogP contribution is -2.29. The van der Waals surface area contributed by atoms with Gasteiger partial charge in [-0.25, -0.2) is 12.8 Å². The van der Waals surface area contributed by atoms with Crippen molar-refractivity contribution in [2.24, 2.45) is 0 Å². The van der Waals surface area contributed by atoms with Gasteiger partial charge in [-0.15, -0.1) is 0 Å². The molecular weight excluding hydrogens is 464 g/mol. The van der Waals surface area contributed by atoms with Crippen LogP contribution in [-0.4, -0.2) is 26.0 Å². The van der Waals surface area contributed by atoms with Crippen molar-refractivity contribution >= 4 is 21.6 Å². The highest BCUT2D eigenvalue weighted by molar-refractivity contribution is 7.92. The van der Waals surface area contributed by atoms with Gasteiger partial charge in [-0.3, -0.25) is 9.52 Å². The SMILES string of the molecule is O=C(NCC(O)c1ccccc1C(F)(F)F)c1ccc(S(=O)(=O)Nc2ccccc2F)cc1. The van der Waals surface area contributed by atoms with E-state index in [0.29, 0.717) is 0 Å². The zero-order chi connectivity index (χ0) is 24.2. The Hall–Kier alpha value is -3.44. The summed E-state index contributed by atoms with van der Waals surface area (Å²) in [6.07, 6.45) is -6.28. The molecule has 1 unspecified atom stereocenters. The number of para-hydroxylation sites is 1. The number of halogens is 4. The first kappa shape index (κ1) is 24.2. The van der Waals surface area contributed by atoms with Gasteiger partial charge in [0.1, 0.15) is 5.82 Å². The summed E-state index contributed by atoms with van der Waals surface area (Å²) in [5.74, 6) is -1.49. The Labute approximate surface area is 186 Å². The molecule has 0 saturated carbocycles. The first-order valence-electron chi connectivity index (χ1n) is 9.49. The van der Waals surface area contributed by atoms with Gasteiger partial charge in [0.15, 0.2) is 0 Å². The number of carbonyl (C=O) groups is 1. The number of amides is 1. The molecule has 6 nitrogen and oxygen atoms in total. The number of nitrogens with one attached hydrogen (secondary N) is 2. The summed E-state index contributed by atoms with van der Waals surface area (Å²) >= 11 is 0. The molecule has 0 heterocycles. The highest BCUT2D eigenvalue weighted by Crippen LogP contribution is 2.34. The van der Waals surface area contributed by atoms with Crippen LogP contribution in [-0.2, 0) is 16.2 Å². The Kier molecular flexibility index (Phi) is 7.04. The van der Waals surface area contributed by atoms with Gasteiger partial charge in [-0.1, -0.05) is 30.3 Å². The number of carbonyl (C=O) groups excluding carboxylic acids is 1. The smallest absolute Gasteiger partial charge is 0.387 e. The molecular formula is C22H18F4N2O4S. The molecule has 1 amide bonds. The second kappa shape index (κ2) is 9.59. The number of benzene rings is 3. The third-order valence-corrected chi connectivity index (χ3v) is 6.01. The summed E-state index contributed by atoms with van der Waals surface area (Å²) in [4.78, 5) is 12.1. The molecule has 33 heavy (non-hydrogen) atoms. The van der Waals surface area contributed by atoms with Gasteiger partial charge < -0.3 is 10.4 Å². The number of sulfonamides is 1. The number of hydrogen-bond acceptors (Lipinski definition) is 4.